The highest BCUT2D eigenvalue weighted by Gasteiger charge is 2.29. The van der Waals surface area contributed by atoms with E-state index in [0.717, 1.165) is 24.2 Å². The third-order valence-electron chi connectivity index (χ3n) is 4.75. The summed E-state index contributed by atoms with van der Waals surface area (Å²) in [5.74, 6) is -0.955. The molecule has 12 heteroatoms. The van der Waals surface area contributed by atoms with Crippen molar-refractivity contribution in [1.29, 1.82) is 0 Å². The standard InChI is InChI=1S/C20H25N3O6S3/c1-3-28-19(24)16-14(17(31-18(16)21)20(25)29-4-2)12-30-15-8-7-13(11-22-15)32(26,27)23-9-5-6-10-23/h7-8,11H,3-6,9-10,12,21H2,1-2H3. The van der Waals surface area contributed by atoms with Crippen molar-refractivity contribution in [3.63, 3.8) is 0 Å². The molecule has 1 aliphatic rings. The van der Waals surface area contributed by atoms with Crippen molar-refractivity contribution < 1.29 is 27.5 Å². The largest absolute Gasteiger partial charge is 0.462 e. The number of nitrogens with zero attached hydrogens (tertiary/aromatic N) is 2. The number of carbonyl (C=O) groups is 2. The Kier molecular flexibility index (Phi) is 8.15. The molecule has 1 aliphatic heterocycles. The van der Waals surface area contributed by atoms with Crippen LogP contribution in [-0.2, 0) is 25.2 Å². The van der Waals surface area contributed by atoms with Crippen LogP contribution in [0.15, 0.2) is 28.3 Å². The van der Waals surface area contributed by atoms with Gasteiger partial charge in [0.2, 0.25) is 10.0 Å². The van der Waals surface area contributed by atoms with E-state index in [2.05, 4.69) is 4.98 Å². The Morgan fingerprint density at radius 2 is 1.81 bits per heavy atom. The summed E-state index contributed by atoms with van der Waals surface area (Å²) in [7, 11) is -3.54. The molecule has 3 rings (SSSR count). The first kappa shape index (κ1) is 24.5. The van der Waals surface area contributed by atoms with E-state index < -0.39 is 22.0 Å². The third kappa shape index (κ3) is 5.25. The summed E-state index contributed by atoms with van der Waals surface area (Å²) >= 11 is 2.24. The molecule has 0 saturated carbocycles. The van der Waals surface area contributed by atoms with E-state index in [-0.39, 0.29) is 39.3 Å². The zero-order valence-electron chi connectivity index (χ0n) is 17.8. The zero-order chi connectivity index (χ0) is 23.3. The van der Waals surface area contributed by atoms with Crippen LogP contribution in [0, 0.1) is 0 Å². The molecule has 0 aliphatic carbocycles. The SMILES string of the molecule is CCOC(=O)c1sc(N)c(C(=O)OCC)c1CSc1ccc(S(=O)(=O)N2CCCC2)cn1. The molecule has 0 aromatic carbocycles. The van der Waals surface area contributed by atoms with Crippen LogP contribution in [0.25, 0.3) is 0 Å². The van der Waals surface area contributed by atoms with E-state index in [1.807, 2.05) is 0 Å². The minimum atomic E-state index is -3.54. The van der Waals surface area contributed by atoms with Crippen LogP contribution in [0.2, 0.25) is 0 Å². The second-order valence-corrected chi connectivity index (χ2v) is 10.8. The fourth-order valence-electron chi connectivity index (χ4n) is 3.24. The monoisotopic (exact) mass is 499 g/mol. The van der Waals surface area contributed by atoms with Crippen LogP contribution >= 0.6 is 23.1 Å². The summed E-state index contributed by atoms with van der Waals surface area (Å²) in [6, 6.07) is 3.13. The van der Waals surface area contributed by atoms with Crippen molar-refractivity contribution in [2.45, 2.75) is 42.4 Å². The van der Waals surface area contributed by atoms with Gasteiger partial charge >= 0.3 is 11.9 Å². The number of ether oxygens (including phenoxy) is 2. The van der Waals surface area contributed by atoms with Gasteiger partial charge in [0.05, 0.1) is 23.8 Å². The number of hydrogen-bond donors (Lipinski definition) is 1. The van der Waals surface area contributed by atoms with Gasteiger partial charge in [-0.25, -0.2) is 23.0 Å². The van der Waals surface area contributed by atoms with Crippen LogP contribution in [0.5, 0.6) is 0 Å². The van der Waals surface area contributed by atoms with Gasteiger partial charge < -0.3 is 15.2 Å². The Morgan fingerprint density at radius 1 is 1.16 bits per heavy atom. The Hall–Kier alpha value is -2.15. The summed E-state index contributed by atoms with van der Waals surface area (Å²) in [6.07, 6.45) is 3.04. The fourth-order valence-corrected chi connectivity index (χ4v) is 6.63. The van der Waals surface area contributed by atoms with Gasteiger partial charge in [-0.15, -0.1) is 23.1 Å². The average Bonchev–Trinajstić information content (AvgIpc) is 3.41. The highest BCUT2D eigenvalue weighted by Crippen LogP contribution is 2.36. The molecule has 0 spiro atoms. The minimum absolute atomic E-state index is 0.142. The van der Waals surface area contributed by atoms with E-state index in [1.165, 1.54) is 28.3 Å². The molecule has 3 heterocycles. The molecule has 0 radical (unpaired) electrons. The summed E-state index contributed by atoms with van der Waals surface area (Å²) in [5.41, 5.74) is 6.59. The quantitative estimate of drug-likeness (QED) is 0.408. The molecular weight excluding hydrogens is 474 g/mol. The third-order valence-corrected chi connectivity index (χ3v) is 8.64. The minimum Gasteiger partial charge on any atom is -0.462 e. The molecule has 0 amide bonds. The first-order valence-electron chi connectivity index (χ1n) is 10.1. The van der Waals surface area contributed by atoms with Crippen LogP contribution in [0.4, 0.5) is 5.00 Å². The predicted molar refractivity (Wildman–Crippen MR) is 122 cm³/mol. The molecule has 2 aromatic rings. The fraction of sp³-hybridized carbons (Fsp3) is 0.450. The van der Waals surface area contributed by atoms with Gasteiger partial charge in [0.25, 0.3) is 0 Å². The van der Waals surface area contributed by atoms with Crippen LogP contribution in [-0.4, -0.2) is 55.9 Å². The van der Waals surface area contributed by atoms with Crippen LogP contribution < -0.4 is 5.73 Å². The van der Waals surface area contributed by atoms with E-state index in [1.54, 1.807) is 19.9 Å². The maximum absolute atomic E-state index is 12.7. The van der Waals surface area contributed by atoms with Gasteiger partial charge in [0.15, 0.2) is 0 Å². The molecule has 174 valence electrons. The number of pyridine rings is 1. The summed E-state index contributed by atoms with van der Waals surface area (Å²) in [6.45, 7) is 4.77. The molecule has 0 unspecified atom stereocenters. The lowest BCUT2D eigenvalue weighted by molar-refractivity contribution is 0.0527. The predicted octanol–water partition coefficient (Wildman–Crippen LogP) is 3.16. The Bertz CT molecular complexity index is 1080. The van der Waals surface area contributed by atoms with Crippen molar-refractivity contribution in [2.24, 2.45) is 0 Å². The van der Waals surface area contributed by atoms with Crippen LogP contribution in [0.1, 0.15) is 52.3 Å². The number of thioether (sulfide) groups is 1. The number of sulfonamides is 1. The van der Waals surface area contributed by atoms with Crippen molar-refractivity contribution >= 4 is 50.1 Å². The number of nitrogen functional groups attached to an aromatic ring is 1. The summed E-state index contributed by atoms with van der Waals surface area (Å²) in [5, 5.41) is 0.724. The lowest BCUT2D eigenvalue weighted by Gasteiger charge is -2.15. The number of anilines is 1. The Balaban J connectivity index is 1.82. The smallest absolute Gasteiger partial charge is 0.348 e. The molecule has 1 fully saturated rings. The van der Waals surface area contributed by atoms with Gasteiger partial charge in [-0.1, -0.05) is 0 Å². The summed E-state index contributed by atoms with van der Waals surface area (Å²) < 4.78 is 37.0. The maximum atomic E-state index is 12.7. The molecular formula is C20H25N3O6S3. The first-order valence-corrected chi connectivity index (χ1v) is 13.4. The molecule has 2 N–H and O–H groups in total. The van der Waals surface area contributed by atoms with Gasteiger partial charge in [0, 0.05) is 30.6 Å². The topological polar surface area (TPSA) is 129 Å². The molecule has 9 nitrogen and oxygen atoms in total. The van der Waals surface area contributed by atoms with Gasteiger partial charge in [-0.05, 0) is 38.8 Å². The highest BCUT2D eigenvalue weighted by molar-refractivity contribution is 7.98. The molecule has 0 bridgehead atoms. The highest BCUT2D eigenvalue weighted by atomic mass is 32.2. The molecule has 2 aromatic heterocycles. The van der Waals surface area contributed by atoms with Crippen molar-refractivity contribution in [3.05, 3.63) is 34.3 Å². The van der Waals surface area contributed by atoms with Gasteiger partial charge in [0.1, 0.15) is 14.8 Å². The first-order chi connectivity index (χ1) is 15.3. The van der Waals surface area contributed by atoms with Crippen LogP contribution in [0.3, 0.4) is 0 Å². The Labute approximate surface area is 195 Å². The van der Waals surface area contributed by atoms with Crippen molar-refractivity contribution in [2.75, 3.05) is 32.0 Å². The second-order valence-electron chi connectivity index (χ2n) is 6.82. The second kappa shape index (κ2) is 10.6. The molecule has 1 saturated heterocycles. The lowest BCUT2D eigenvalue weighted by atomic mass is 10.1. The molecule has 0 atom stereocenters. The summed E-state index contributed by atoms with van der Waals surface area (Å²) in [4.78, 5) is 29.5. The van der Waals surface area contributed by atoms with Gasteiger partial charge in [-0.2, -0.15) is 4.31 Å². The van der Waals surface area contributed by atoms with E-state index in [4.69, 9.17) is 15.2 Å². The molecule has 32 heavy (non-hydrogen) atoms. The number of thiophene rings is 1. The normalized spacial score (nSPS) is 14.4. The zero-order valence-corrected chi connectivity index (χ0v) is 20.3. The van der Waals surface area contributed by atoms with Crippen molar-refractivity contribution in [1.82, 2.24) is 9.29 Å². The van der Waals surface area contributed by atoms with E-state index >= 15 is 0 Å². The number of aromatic nitrogens is 1. The van der Waals surface area contributed by atoms with Gasteiger partial charge in [-0.3, -0.25) is 0 Å². The number of rotatable bonds is 9. The number of carbonyl (C=O) groups excluding carboxylic acids is 2. The van der Waals surface area contributed by atoms with Crippen molar-refractivity contribution in [3.8, 4) is 0 Å². The van der Waals surface area contributed by atoms with E-state index in [9.17, 15) is 18.0 Å². The average molecular weight is 500 g/mol. The Morgan fingerprint density at radius 3 is 2.41 bits per heavy atom. The number of nitrogens with two attached hydrogens (primary N) is 1. The lowest BCUT2D eigenvalue weighted by Crippen LogP contribution is -2.27. The van der Waals surface area contributed by atoms with E-state index in [0.29, 0.717) is 23.7 Å². The number of hydrogen-bond acceptors (Lipinski definition) is 10. The maximum Gasteiger partial charge on any atom is 0.348 e. The number of esters is 2.